The Hall–Kier alpha value is -0.600. The second-order valence-corrected chi connectivity index (χ2v) is 5.02. The molecule has 90 valence electrons. The van der Waals surface area contributed by atoms with Crippen LogP contribution in [0.2, 0.25) is 5.02 Å². The summed E-state index contributed by atoms with van der Waals surface area (Å²) in [6.45, 7) is 4.09. The summed E-state index contributed by atoms with van der Waals surface area (Å²) in [5.74, 6) is -0.361. The Morgan fingerprint density at radius 3 is 2.69 bits per heavy atom. The molecule has 0 aliphatic rings. The maximum Gasteiger partial charge on any atom is 0.144 e. The van der Waals surface area contributed by atoms with E-state index in [1.54, 1.807) is 12.1 Å². The van der Waals surface area contributed by atoms with Gasteiger partial charge < -0.3 is 5.11 Å². The van der Waals surface area contributed by atoms with Crippen molar-refractivity contribution in [3.63, 3.8) is 0 Å². The van der Waals surface area contributed by atoms with E-state index in [1.165, 1.54) is 6.07 Å². The van der Waals surface area contributed by atoms with E-state index < -0.39 is 0 Å². The van der Waals surface area contributed by atoms with Gasteiger partial charge in [-0.25, -0.2) is 4.39 Å². The molecule has 1 unspecified atom stereocenters. The summed E-state index contributed by atoms with van der Waals surface area (Å²) in [5, 5.41) is 9.53. The lowest BCUT2D eigenvalue weighted by Gasteiger charge is -2.27. The Kier molecular flexibility index (Phi) is 4.75. The van der Waals surface area contributed by atoms with Crippen molar-refractivity contribution in [3.8, 4) is 0 Å². The van der Waals surface area contributed by atoms with Crippen LogP contribution < -0.4 is 0 Å². The molecule has 1 aromatic rings. The van der Waals surface area contributed by atoms with Crippen LogP contribution in [0.3, 0.4) is 0 Å². The zero-order chi connectivity index (χ0) is 12.2. The minimum atomic E-state index is -0.361. The second-order valence-electron chi connectivity index (χ2n) is 4.61. The molecule has 1 rings (SSSR count). The van der Waals surface area contributed by atoms with E-state index in [1.807, 2.05) is 6.92 Å². The third-order valence-corrected chi connectivity index (χ3v) is 3.18. The molecule has 0 radical (unpaired) electrons. The molecule has 1 N–H and O–H groups in total. The quantitative estimate of drug-likeness (QED) is 0.835. The van der Waals surface area contributed by atoms with Crippen LogP contribution in [0, 0.1) is 11.2 Å². The molecule has 0 bridgehead atoms. The van der Waals surface area contributed by atoms with Gasteiger partial charge in [0.05, 0.1) is 5.02 Å². The maximum absolute atomic E-state index is 13.7. The number of rotatable bonds is 5. The standard InChI is InChI=1S/C13H18ClFO/c1-3-7-13(2,9-16)8-10-5-4-6-11(14)12(10)15/h4-6,16H,3,7-9H2,1-2H3. The topological polar surface area (TPSA) is 20.2 Å². The van der Waals surface area contributed by atoms with Gasteiger partial charge in [0.2, 0.25) is 0 Å². The molecule has 3 heteroatoms. The van der Waals surface area contributed by atoms with Crippen LogP contribution in [0.1, 0.15) is 32.3 Å². The summed E-state index contributed by atoms with van der Waals surface area (Å²) < 4.78 is 13.7. The molecule has 0 amide bonds. The van der Waals surface area contributed by atoms with Crippen molar-refractivity contribution in [2.45, 2.75) is 33.1 Å². The third-order valence-electron chi connectivity index (χ3n) is 2.88. The number of hydrogen-bond acceptors (Lipinski definition) is 1. The first-order valence-corrected chi connectivity index (χ1v) is 5.94. The van der Waals surface area contributed by atoms with Crippen LogP contribution in [0.5, 0.6) is 0 Å². The molecule has 0 saturated carbocycles. The number of hydrogen-bond donors (Lipinski definition) is 1. The monoisotopic (exact) mass is 244 g/mol. The summed E-state index contributed by atoms with van der Waals surface area (Å²) in [6.07, 6.45) is 2.36. The molecule has 0 aromatic heterocycles. The summed E-state index contributed by atoms with van der Waals surface area (Å²) in [5.41, 5.74) is 0.317. The zero-order valence-electron chi connectivity index (χ0n) is 9.76. The lowest BCUT2D eigenvalue weighted by molar-refractivity contribution is 0.130. The van der Waals surface area contributed by atoms with E-state index in [0.29, 0.717) is 12.0 Å². The van der Waals surface area contributed by atoms with Gasteiger partial charge in [0, 0.05) is 6.61 Å². The van der Waals surface area contributed by atoms with Gasteiger partial charge in [-0.05, 0) is 29.9 Å². The van der Waals surface area contributed by atoms with Crippen molar-refractivity contribution in [2.75, 3.05) is 6.61 Å². The molecule has 1 atom stereocenters. The van der Waals surface area contributed by atoms with Crippen molar-refractivity contribution in [1.82, 2.24) is 0 Å². The summed E-state index contributed by atoms with van der Waals surface area (Å²) >= 11 is 5.73. The van der Waals surface area contributed by atoms with Crippen molar-refractivity contribution in [2.24, 2.45) is 5.41 Å². The number of aliphatic hydroxyl groups excluding tert-OH is 1. The Morgan fingerprint density at radius 1 is 1.44 bits per heavy atom. The first-order chi connectivity index (χ1) is 7.52. The highest BCUT2D eigenvalue weighted by molar-refractivity contribution is 6.30. The van der Waals surface area contributed by atoms with Crippen LogP contribution in [0.4, 0.5) is 4.39 Å². The average Bonchev–Trinajstić information content (AvgIpc) is 2.25. The molecule has 0 fully saturated rings. The lowest BCUT2D eigenvalue weighted by atomic mass is 9.80. The second kappa shape index (κ2) is 5.65. The summed E-state index contributed by atoms with van der Waals surface area (Å²) in [6, 6.07) is 5.01. The van der Waals surface area contributed by atoms with E-state index in [-0.39, 0.29) is 22.9 Å². The van der Waals surface area contributed by atoms with Gasteiger partial charge in [-0.2, -0.15) is 0 Å². The van der Waals surface area contributed by atoms with E-state index in [9.17, 15) is 9.50 Å². The molecule has 0 spiro atoms. The molecule has 1 aromatic carbocycles. The smallest absolute Gasteiger partial charge is 0.144 e. The van der Waals surface area contributed by atoms with Crippen LogP contribution >= 0.6 is 11.6 Å². The van der Waals surface area contributed by atoms with Crippen LogP contribution in [0.25, 0.3) is 0 Å². The van der Waals surface area contributed by atoms with Gasteiger partial charge in [-0.15, -0.1) is 0 Å². The van der Waals surface area contributed by atoms with Crippen molar-refractivity contribution >= 4 is 11.6 Å². The first-order valence-electron chi connectivity index (χ1n) is 5.56. The third kappa shape index (κ3) is 3.19. The lowest BCUT2D eigenvalue weighted by Crippen LogP contribution is -2.24. The molecule has 16 heavy (non-hydrogen) atoms. The minimum absolute atomic E-state index is 0.0623. The highest BCUT2D eigenvalue weighted by Crippen LogP contribution is 2.30. The predicted molar refractivity (Wildman–Crippen MR) is 65.2 cm³/mol. The van der Waals surface area contributed by atoms with Gasteiger partial charge in [-0.3, -0.25) is 0 Å². The number of benzene rings is 1. The largest absolute Gasteiger partial charge is 0.396 e. The molecule has 0 heterocycles. The molecule has 0 aliphatic heterocycles. The van der Waals surface area contributed by atoms with Crippen molar-refractivity contribution in [1.29, 1.82) is 0 Å². The molecule has 0 aliphatic carbocycles. The summed E-state index contributed by atoms with van der Waals surface area (Å²) in [7, 11) is 0. The van der Waals surface area contributed by atoms with Crippen molar-refractivity contribution in [3.05, 3.63) is 34.6 Å². The number of aliphatic hydroxyl groups is 1. The first kappa shape index (κ1) is 13.5. The SMILES string of the molecule is CCCC(C)(CO)Cc1cccc(Cl)c1F. The normalized spacial score (nSPS) is 14.8. The van der Waals surface area contributed by atoms with E-state index in [2.05, 4.69) is 6.92 Å². The van der Waals surface area contributed by atoms with Gasteiger partial charge in [-0.1, -0.05) is 44.0 Å². The predicted octanol–water partition coefficient (Wildman–Crippen LogP) is 3.82. The zero-order valence-corrected chi connectivity index (χ0v) is 10.5. The Balaban J connectivity index is 2.90. The fourth-order valence-corrected chi connectivity index (χ4v) is 2.17. The highest BCUT2D eigenvalue weighted by Gasteiger charge is 2.24. The van der Waals surface area contributed by atoms with Crippen molar-refractivity contribution < 1.29 is 9.50 Å². The van der Waals surface area contributed by atoms with E-state index in [4.69, 9.17) is 11.6 Å². The van der Waals surface area contributed by atoms with Crippen LogP contribution in [-0.2, 0) is 6.42 Å². The van der Waals surface area contributed by atoms with Gasteiger partial charge in [0.25, 0.3) is 0 Å². The van der Waals surface area contributed by atoms with Gasteiger partial charge in [0.1, 0.15) is 5.82 Å². The highest BCUT2D eigenvalue weighted by atomic mass is 35.5. The molecule has 1 nitrogen and oxygen atoms in total. The molecular weight excluding hydrogens is 227 g/mol. The Morgan fingerprint density at radius 2 is 2.12 bits per heavy atom. The van der Waals surface area contributed by atoms with Gasteiger partial charge >= 0.3 is 0 Å². The Labute approximate surface area is 101 Å². The average molecular weight is 245 g/mol. The summed E-state index contributed by atoms with van der Waals surface area (Å²) in [4.78, 5) is 0. The molecular formula is C13H18ClFO. The Bertz CT molecular complexity index is 354. The fourth-order valence-electron chi connectivity index (χ4n) is 1.97. The van der Waals surface area contributed by atoms with Crippen LogP contribution in [-0.4, -0.2) is 11.7 Å². The maximum atomic E-state index is 13.7. The number of halogens is 2. The van der Waals surface area contributed by atoms with E-state index in [0.717, 1.165) is 12.8 Å². The van der Waals surface area contributed by atoms with Gasteiger partial charge in [0.15, 0.2) is 0 Å². The van der Waals surface area contributed by atoms with E-state index >= 15 is 0 Å². The minimum Gasteiger partial charge on any atom is -0.396 e. The van der Waals surface area contributed by atoms with Crippen LogP contribution in [0.15, 0.2) is 18.2 Å². The fraction of sp³-hybridized carbons (Fsp3) is 0.538. The molecule has 0 saturated heterocycles.